The highest BCUT2D eigenvalue weighted by atomic mass is 16.6. The number of hydrogen-bond acceptors (Lipinski definition) is 4. The fraction of sp³-hybridized carbons (Fsp3) is 0.417. The summed E-state index contributed by atoms with van der Waals surface area (Å²) in [5.74, 6) is -0.334. The lowest BCUT2D eigenvalue weighted by atomic mass is 10.1. The highest BCUT2D eigenvalue weighted by molar-refractivity contribution is 5.95. The van der Waals surface area contributed by atoms with E-state index in [0.717, 1.165) is 5.56 Å². The first-order chi connectivity index (χ1) is 8.36. The van der Waals surface area contributed by atoms with E-state index in [1.54, 1.807) is 26.8 Å². The number of hydrogen-bond donors (Lipinski definition) is 2. The number of carbonyl (C=O) groups is 1. The Hall–Kier alpha value is -1.95. The molecule has 6 nitrogen and oxygen atoms in total. The van der Waals surface area contributed by atoms with Gasteiger partial charge in [0, 0.05) is 11.6 Å². The van der Waals surface area contributed by atoms with Gasteiger partial charge in [-0.2, -0.15) is 0 Å². The Morgan fingerprint density at radius 3 is 2.56 bits per heavy atom. The third kappa shape index (κ3) is 3.04. The third-order valence-corrected chi connectivity index (χ3v) is 2.77. The Labute approximate surface area is 105 Å². The molecule has 0 aromatic heterocycles. The van der Waals surface area contributed by atoms with Gasteiger partial charge in [-0.1, -0.05) is 6.92 Å². The van der Waals surface area contributed by atoms with Gasteiger partial charge < -0.3 is 11.1 Å². The fourth-order valence-electron chi connectivity index (χ4n) is 1.58. The van der Waals surface area contributed by atoms with Crippen LogP contribution in [0.5, 0.6) is 0 Å². The average Bonchev–Trinajstić information content (AvgIpc) is 2.30. The standard InChI is InChI=1S/C12H17N3O3/c1-4-9(13)12(16)14-10-6-11(15(17)18)8(3)5-7(10)2/h5-6,9H,4,13H2,1-3H3,(H,14,16)/t9-/m1/s1. The van der Waals surface area contributed by atoms with Gasteiger partial charge in [-0.3, -0.25) is 14.9 Å². The second kappa shape index (κ2) is 5.59. The lowest BCUT2D eigenvalue weighted by Crippen LogP contribution is -2.35. The molecule has 0 radical (unpaired) electrons. The normalized spacial score (nSPS) is 12.0. The van der Waals surface area contributed by atoms with Crippen LogP contribution in [0.4, 0.5) is 11.4 Å². The number of rotatable bonds is 4. The van der Waals surface area contributed by atoms with E-state index in [-0.39, 0.29) is 11.6 Å². The summed E-state index contributed by atoms with van der Waals surface area (Å²) in [6.07, 6.45) is 0.513. The van der Waals surface area contributed by atoms with Crippen LogP contribution in [-0.2, 0) is 4.79 Å². The third-order valence-electron chi connectivity index (χ3n) is 2.77. The smallest absolute Gasteiger partial charge is 0.274 e. The fourth-order valence-corrected chi connectivity index (χ4v) is 1.58. The van der Waals surface area contributed by atoms with Crippen LogP contribution in [0.3, 0.4) is 0 Å². The summed E-state index contributed by atoms with van der Waals surface area (Å²) >= 11 is 0. The molecule has 0 heterocycles. The summed E-state index contributed by atoms with van der Waals surface area (Å²) in [6, 6.07) is 2.43. The molecule has 0 aliphatic carbocycles. The minimum absolute atomic E-state index is 0.0130. The molecule has 1 amide bonds. The van der Waals surface area contributed by atoms with E-state index in [0.29, 0.717) is 17.7 Å². The van der Waals surface area contributed by atoms with Gasteiger partial charge in [-0.05, 0) is 31.9 Å². The van der Waals surface area contributed by atoms with Crippen LogP contribution in [0.2, 0.25) is 0 Å². The summed E-state index contributed by atoms with van der Waals surface area (Å²) in [5, 5.41) is 13.4. The molecule has 6 heteroatoms. The van der Waals surface area contributed by atoms with Crippen molar-refractivity contribution in [1.82, 2.24) is 0 Å². The Balaban J connectivity index is 3.06. The molecule has 1 atom stereocenters. The van der Waals surface area contributed by atoms with E-state index < -0.39 is 11.0 Å². The largest absolute Gasteiger partial charge is 0.324 e. The van der Waals surface area contributed by atoms with Crippen molar-refractivity contribution in [2.75, 3.05) is 5.32 Å². The van der Waals surface area contributed by atoms with E-state index >= 15 is 0 Å². The van der Waals surface area contributed by atoms with Gasteiger partial charge in [0.2, 0.25) is 5.91 Å². The molecule has 98 valence electrons. The van der Waals surface area contributed by atoms with Gasteiger partial charge in [-0.15, -0.1) is 0 Å². The second-order valence-electron chi connectivity index (χ2n) is 4.21. The van der Waals surface area contributed by atoms with E-state index in [2.05, 4.69) is 5.32 Å². The average molecular weight is 251 g/mol. The lowest BCUT2D eigenvalue weighted by Gasteiger charge is -2.12. The zero-order valence-corrected chi connectivity index (χ0v) is 10.7. The minimum Gasteiger partial charge on any atom is -0.324 e. The van der Waals surface area contributed by atoms with Crippen molar-refractivity contribution in [3.05, 3.63) is 33.4 Å². The maximum atomic E-state index is 11.7. The predicted molar refractivity (Wildman–Crippen MR) is 69.5 cm³/mol. The number of amides is 1. The Bertz CT molecular complexity index is 486. The maximum Gasteiger partial charge on any atom is 0.274 e. The van der Waals surface area contributed by atoms with Crippen molar-refractivity contribution in [3.8, 4) is 0 Å². The first-order valence-corrected chi connectivity index (χ1v) is 5.68. The SMILES string of the molecule is CC[C@@H](N)C(=O)Nc1cc([N+](=O)[O-])c(C)cc1C. The van der Waals surface area contributed by atoms with Gasteiger partial charge in [0.05, 0.1) is 16.7 Å². The highest BCUT2D eigenvalue weighted by Gasteiger charge is 2.17. The Morgan fingerprint density at radius 2 is 2.06 bits per heavy atom. The van der Waals surface area contributed by atoms with Crippen LogP contribution >= 0.6 is 0 Å². The summed E-state index contributed by atoms with van der Waals surface area (Å²) in [7, 11) is 0. The van der Waals surface area contributed by atoms with Crippen molar-refractivity contribution in [3.63, 3.8) is 0 Å². The number of nitrogens with two attached hydrogens (primary N) is 1. The van der Waals surface area contributed by atoms with Crippen LogP contribution < -0.4 is 11.1 Å². The maximum absolute atomic E-state index is 11.7. The molecule has 0 spiro atoms. The van der Waals surface area contributed by atoms with Crippen molar-refractivity contribution in [2.45, 2.75) is 33.2 Å². The quantitative estimate of drug-likeness (QED) is 0.630. The number of aryl methyl sites for hydroxylation is 2. The van der Waals surface area contributed by atoms with Crippen LogP contribution in [0.25, 0.3) is 0 Å². The highest BCUT2D eigenvalue weighted by Crippen LogP contribution is 2.26. The minimum atomic E-state index is -0.607. The Morgan fingerprint density at radius 1 is 1.44 bits per heavy atom. The number of nitrogens with one attached hydrogen (secondary N) is 1. The zero-order chi connectivity index (χ0) is 13.9. The molecular formula is C12H17N3O3. The first-order valence-electron chi connectivity index (χ1n) is 5.68. The van der Waals surface area contributed by atoms with E-state index in [1.807, 2.05) is 0 Å². The molecule has 1 aromatic carbocycles. The molecule has 0 bridgehead atoms. The van der Waals surface area contributed by atoms with E-state index in [4.69, 9.17) is 5.73 Å². The lowest BCUT2D eigenvalue weighted by molar-refractivity contribution is -0.385. The molecule has 0 fully saturated rings. The first kappa shape index (κ1) is 14.1. The summed E-state index contributed by atoms with van der Waals surface area (Å²) < 4.78 is 0. The van der Waals surface area contributed by atoms with Crippen LogP contribution in [-0.4, -0.2) is 16.9 Å². The molecule has 0 aliphatic heterocycles. The van der Waals surface area contributed by atoms with Crippen molar-refractivity contribution in [1.29, 1.82) is 0 Å². The molecule has 1 rings (SSSR count). The van der Waals surface area contributed by atoms with Crippen LogP contribution in [0.15, 0.2) is 12.1 Å². The number of carbonyl (C=O) groups excluding carboxylic acids is 1. The molecule has 1 aromatic rings. The number of nitro groups is 1. The zero-order valence-electron chi connectivity index (χ0n) is 10.7. The Kier molecular flexibility index (Phi) is 4.38. The number of anilines is 1. The molecule has 0 saturated heterocycles. The molecule has 18 heavy (non-hydrogen) atoms. The van der Waals surface area contributed by atoms with Crippen LogP contribution in [0.1, 0.15) is 24.5 Å². The monoisotopic (exact) mass is 251 g/mol. The van der Waals surface area contributed by atoms with E-state index in [1.165, 1.54) is 6.07 Å². The molecule has 0 unspecified atom stereocenters. The molecule has 3 N–H and O–H groups in total. The number of nitrogens with zero attached hydrogens (tertiary/aromatic N) is 1. The van der Waals surface area contributed by atoms with E-state index in [9.17, 15) is 14.9 Å². The second-order valence-corrected chi connectivity index (χ2v) is 4.21. The topological polar surface area (TPSA) is 98.3 Å². The molecule has 0 saturated carbocycles. The van der Waals surface area contributed by atoms with Crippen molar-refractivity contribution >= 4 is 17.3 Å². The van der Waals surface area contributed by atoms with Gasteiger partial charge in [0.25, 0.3) is 5.69 Å². The molecular weight excluding hydrogens is 234 g/mol. The van der Waals surface area contributed by atoms with Gasteiger partial charge >= 0.3 is 0 Å². The van der Waals surface area contributed by atoms with Gasteiger partial charge in [0.1, 0.15) is 0 Å². The molecule has 0 aliphatic rings. The van der Waals surface area contributed by atoms with Gasteiger partial charge in [-0.25, -0.2) is 0 Å². The predicted octanol–water partition coefficient (Wildman–Crippen LogP) is 1.89. The summed E-state index contributed by atoms with van der Waals surface area (Å²) in [4.78, 5) is 22.0. The summed E-state index contributed by atoms with van der Waals surface area (Å²) in [6.45, 7) is 5.24. The summed E-state index contributed by atoms with van der Waals surface area (Å²) in [5.41, 5.74) is 7.35. The van der Waals surface area contributed by atoms with Gasteiger partial charge in [0.15, 0.2) is 0 Å². The number of nitro benzene ring substituents is 1. The van der Waals surface area contributed by atoms with Crippen LogP contribution in [0, 0.1) is 24.0 Å². The van der Waals surface area contributed by atoms with Crippen molar-refractivity contribution < 1.29 is 9.72 Å². The van der Waals surface area contributed by atoms with Crippen molar-refractivity contribution in [2.24, 2.45) is 5.73 Å². The number of benzene rings is 1.